The molecular weight excluding hydrogens is 189 g/mol. The van der Waals surface area contributed by atoms with Crippen molar-refractivity contribution >= 4 is 5.97 Å². The molecule has 0 aliphatic rings. The zero-order chi connectivity index (χ0) is 10.6. The standard InChI is InChI=1S/C8H6FN3O2/c9-7-2-1-5(4-11-12-10)3-6(7)8(13)14/h1-3H,4H2,(H,13,14). The van der Waals surface area contributed by atoms with Crippen LogP contribution in [0.3, 0.4) is 0 Å². The van der Waals surface area contributed by atoms with Gasteiger partial charge in [0.15, 0.2) is 0 Å². The van der Waals surface area contributed by atoms with E-state index in [0.717, 1.165) is 12.1 Å². The van der Waals surface area contributed by atoms with Gasteiger partial charge in [-0.1, -0.05) is 11.2 Å². The quantitative estimate of drug-likeness (QED) is 0.455. The molecule has 14 heavy (non-hydrogen) atoms. The van der Waals surface area contributed by atoms with Gasteiger partial charge in [-0.25, -0.2) is 9.18 Å². The molecule has 0 saturated carbocycles. The predicted octanol–water partition coefficient (Wildman–Crippen LogP) is 2.33. The Morgan fingerprint density at radius 2 is 2.36 bits per heavy atom. The summed E-state index contributed by atoms with van der Waals surface area (Å²) in [4.78, 5) is 13.0. The fourth-order valence-electron chi connectivity index (χ4n) is 0.948. The Hall–Kier alpha value is -2.07. The van der Waals surface area contributed by atoms with Gasteiger partial charge < -0.3 is 5.11 Å². The van der Waals surface area contributed by atoms with Crippen LogP contribution >= 0.6 is 0 Å². The lowest BCUT2D eigenvalue weighted by molar-refractivity contribution is 0.0692. The van der Waals surface area contributed by atoms with Crippen molar-refractivity contribution in [3.05, 3.63) is 45.6 Å². The third kappa shape index (κ3) is 2.21. The molecule has 0 heterocycles. The topological polar surface area (TPSA) is 86.1 Å². The molecule has 6 heteroatoms. The lowest BCUT2D eigenvalue weighted by Crippen LogP contribution is -2.01. The zero-order valence-corrected chi connectivity index (χ0v) is 7.01. The zero-order valence-electron chi connectivity index (χ0n) is 7.01. The normalized spacial score (nSPS) is 9.21. The number of halogens is 1. The fourth-order valence-corrected chi connectivity index (χ4v) is 0.948. The van der Waals surface area contributed by atoms with Gasteiger partial charge >= 0.3 is 5.97 Å². The lowest BCUT2D eigenvalue weighted by atomic mass is 10.1. The van der Waals surface area contributed by atoms with E-state index in [0.29, 0.717) is 5.56 Å². The minimum Gasteiger partial charge on any atom is -0.478 e. The Morgan fingerprint density at radius 1 is 1.64 bits per heavy atom. The van der Waals surface area contributed by atoms with Crippen LogP contribution in [0.4, 0.5) is 4.39 Å². The second kappa shape index (κ2) is 4.25. The van der Waals surface area contributed by atoms with E-state index < -0.39 is 17.3 Å². The molecule has 0 radical (unpaired) electrons. The Kier molecular flexibility index (Phi) is 3.04. The maximum absolute atomic E-state index is 12.9. The van der Waals surface area contributed by atoms with E-state index in [-0.39, 0.29) is 6.54 Å². The van der Waals surface area contributed by atoms with Crippen LogP contribution in [0, 0.1) is 5.82 Å². The van der Waals surface area contributed by atoms with Crippen molar-refractivity contribution in [2.75, 3.05) is 0 Å². The summed E-state index contributed by atoms with van der Waals surface area (Å²) in [5.41, 5.74) is 8.07. The van der Waals surface area contributed by atoms with Crippen molar-refractivity contribution in [3.63, 3.8) is 0 Å². The van der Waals surface area contributed by atoms with Gasteiger partial charge in [0.2, 0.25) is 0 Å². The average molecular weight is 195 g/mol. The molecule has 0 amide bonds. The van der Waals surface area contributed by atoms with Crippen LogP contribution in [0.5, 0.6) is 0 Å². The number of aromatic carboxylic acids is 1. The Morgan fingerprint density at radius 3 is 2.93 bits per heavy atom. The van der Waals surface area contributed by atoms with Gasteiger partial charge in [-0.2, -0.15) is 0 Å². The first-order valence-electron chi connectivity index (χ1n) is 3.67. The number of carboxylic acids is 1. The van der Waals surface area contributed by atoms with Crippen LogP contribution < -0.4 is 0 Å². The maximum atomic E-state index is 12.9. The third-order valence-corrected chi connectivity index (χ3v) is 1.58. The number of carboxylic acid groups (broad SMARTS) is 1. The van der Waals surface area contributed by atoms with Crippen molar-refractivity contribution in [1.29, 1.82) is 0 Å². The average Bonchev–Trinajstić information content (AvgIpc) is 2.16. The molecule has 1 aromatic carbocycles. The second-order valence-electron chi connectivity index (χ2n) is 2.51. The van der Waals surface area contributed by atoms with Crippen molar-refractivity contribution in [1.82, 2.24) is 0 Å². The summed E-state index contributed by atoms with van der Waals surface area (Å²) in [6, 6.07) is 3.55. The molecule has 0 aliphatic carbocycles. The first kappa shape index (κ1) is 10.0. The first-order valence-corrected chi connectivity index (χ1v) is 3.67. The van der Waals surface area contributed by atoms with Crippen LogP contribution in [0.25, 0.3) is 10.4 Å². The number of hydrogen-bond donors (Lipinski definition) is 1. The van der Waals surface area contributed by atoms with Crippen molar-refractivity contribution in [3.8, 4) is 0 Å². The summed E-state index contributed by atoms with van der Waals surface area (Å²) < 4.78 is 12.9. The highest BCUT2D eigenvalue weighted by molar-refractivity contribution is 5.88. The summed E-state index contributed by atoms with van der Waals surface area (Å²) in [5.74, 6) is -2.15. The van der Waals surface area contributed by atoms with Crippen LogP contribution in [-0.2, 0) is 6.54 Å². The predicted molar refractivity (Wildman–Crippen MR) is 46.2 cm³/mol. The number of nitrogens with zero attached hydrogens (tertiary/aromatic N) is 3. The van der Waals surface area contributed by atoms with Gasteiger partial charge in [0.1, 0.15) is 5.82 Å². The Bertz CT molecular complexity index is 413. The van der Waals surface area contributed by atoms with E-state index in [1.165, 1.54) is 6.07 Å². The highest BCUT2D eigenvalue weighted by Crippen LogP contribution is 2.11. The number of hydrogen-bond acceptors (Lipinski definition) is 2. The van der Waals surface area contributed by atoms with Crippen LogP contribution in [0.15, 0.2) is 23.3 Å². The van der Waals surface area contributed by atoms with Crippen molar-refractivity contribution < 1.29 is 14.3 Å². The van der Waals surface area contributed by atoms with Crippen LogP contribution in [0.2, 0.25) is 0 Å². The lowest BCUT2D eigenvalue weighted by Gasteiger charge is -1.99. The summed E-state index contributed by atoms with van der Waals surface area (Å²) >= 11 is 0. The monoisotopic (exact) mass is 195 g/mol. The fraction of sp³-hybridized carbons (Fsp3) is 0.125. The molecule has 5 nitrogen and oxygen atoms in total. The van der Waals surface area contributed by atoms with E-state index in [1.54, 1.807) is 0 Å². The highest BCUT2D eigenvalue weighted by Gasteiger charge is 2.09. The van der Waals surface area contributed by atoms with Crippen molar-refractivity contribution in [2.45, 2.75) is 6.54 Å². The largest absolute Gasteiger partial charge is 0.478 e. The SMILES string of the molecule is [N-]=[N+]=NCc1ccc(F)c(C(=O)O)c1. The molecule has 0 spiro atoms. The molecule has 0 atom stereocenters. The molecule has 1 aromatic rings. The molecule has 0 aromatic heterocycles. The number of rotatable bonds is 3. The molecule has 72 valence electrons. The smallest absolute Gasteiger partial charge is 0.338 e. The Balaban J connectivity index is 3.06. The molecule has 1 N–H and O–H groups in total. The summed E-state index contributed by atoms with van der Waals surface area (Å²) in [6.45, 7) is 0.0110. The van der Waals surface area contributed by atoms with Gasteiger partial charge in [0, 0.05) is 4.91 Å². The number of azide groups is 1. The molecule has 1 rings (SSSR count). The Labute approximate surface area is 78.4 Å². The van der Waals surface area contributed by atoms with E-state index in [2.05, 4.69) is 10.0 Å². The highest BCUT2D eigenvalue weighted by atomic mass is 19.1. The van der Waals surface area contributed by atoms with E-state index in [4.69, 9.17) is 10.6 Å². The van der Waals surface area contributed by atoms with Gasteiger partial charge in [-0.05, 0) is 23.2 Å². The summed E-state index contributed by atoms with van der Waals surface area (Å²) in [5, 5.41) is 11.8. The van der Waals surface area contributed by atoms with Crippen molar-refractivity contribution in [2.24, 2.45) is 5.11 Å². The van der Waals surface area contributed by atoms with E-state index in [9.17, 15) is 9.18 Å². The molecule has 0 fully saturated rings. The molecule has 0 unspecified atom stereocenters. The summed E-state index contributed by atoms with van der Waals surface area (Å²) in [6.07, 6.45) is 0. The number of benzene rings is 1. The summed E-state index contributed by atoms with van der Waals surface area (Å²) in [7, 11) is 0. The molecule has 0 saturated heterocycles. The van der Waals surface area contributed by atoms with Gasteiger partial charge in [-0.3, -0.25) is 0 Å². The molecule has 0 bridgehead atoms. The number of carbonyl (C=O) groups is 1. The van der Waals surface area contributed by atoms with E-state index >= 15 is 0 Å². The third-order valence-electron chi connectivity index (χ3n) is 1.58. The molecule has 0 aliphatic heterocycles. The minimum absolute atomic E-state index is 0.0110. The first-order chi connectivity index (χ1) is 6.65. The minimum atomic E-state index is -1.34. The molecular formula is C8H6FN3O2. The van der Waals surface area contributed by atoms with Gasteiger partial charge in [-0.15, -0.1) is 0 Å². The van der Waals surface area contributed by atoms with Crippen LogP contribution in [0.1, 0.15) is 15.9 Å². The second-order valence-corrected chi connectivity index (χ2v) is 2.51. The van der Waals surface area contributed by atoms with Gasteiger partial charge in [0.25, 0.3) is 0 Å². The maximum Gasteiger partial charge on any atom is 0.338 e. The van der Waals surface area contributed by atoms with Gasteiger partial charge in [0.05, 0.1) is 12.1 Å². The van der Waals surface area contributed by atoms with E-state index in [1.807, 2.05) is 0 Å². The van der Waals surface area contributed by atoms with Crippen LogP contribution in [-0.4, -0.2) is 11.1 Å².